The third-order valence-corrected chi connectivity index (χ3v) is 4.88. The van der Waals surface area contributed by atoms with E-state index in [-0.39, 0.29) is 30.5 Å². The molecule has 0 aromatic heterocycles. The number of ether oxygens (including phenoxy) is 1. The maximum atomic E-state index is 13.2. The van der Waals surface area contributed by atoms with Gasteiger partial charge in [0.1, 0.15) is 5.60 Å². The zero-order valence-corrected chi connectivity index (χ0v) is 18.5. The summed E-state index contributed by atoms with van der Waals surface area (Å²) in [6, 6.07) is 15.3. The Hall–Kier alpha value is -3.75. The number of hydrogen-bond donors (Lipinski definition) is 1. The van der Waals surface area contributed by atoms with E-state index >= 15 is 0 Å². The van der Waals surface area contributed by atoms with Crippen LogP contribution in [0.3, 0.4) is 0 Å². The lowest BCUT2D eigenvalue weighted by Gasteiger charge is -2.37. The Morgan fingerprint density at radius 1 is 1.22 bits per heavy atom. The third-order valence-electron chi connectivity index (χ3n) is 4.88. The number of amides is 2. The van der Waals surface area contributed by atoms with Crippen LogP contribution < -0.4 is 5.32 Å². The fraction of sp³-hybridized carbons (Fsp3) is 0.348. The summed E-state index contributed by atoms with van der Waals surface area (Å²) in [6.45, 7) is 7.11. The molecule has 9 heteroatoms. The van der Waals surface area contributed by atoms with E-state index in [0.29, 0.717) is 5.56 Å². The molecule has 1 unspecified atom stereocenters. The summed E-state index contributed by atoms with van der Waals surface area (Å²) in [5, 5.41) is 13.8. The highest BCUT2D eigenvalue weighted by atomic mass is 16.6. The number of carbonyl (C=O) groups is 2. The van der Waals surface area contributed by atoms with Gasteiger partial charge in [-0.25, -0.2) is 9.79 Å². The first-order valence-corrected chi connectivity index (χ1v) is 10.2. The number of hydrogen-bond acceptors (Lipinski definition) is 6. The van der Waals surface area contributed by atoms with Crippen molar-refractivity contribution in [1.29, 1.82) is 0 Å². The molecule has 0 bridgehead atoms. The Balaban J connectivity index is 2.01. The van der Waals surface area contributed by atoms with E-state index in [0.717, 1.165) is 5.56 Å². The van der Waals surface area contributed by atoms with Crippen molar-refractivity contribution in [3.05, 3.63) is 75.8 Å². The molecule has 0 aliphatic carbocycles. The van der Waals surface area contributed by atoms with E-state index in [9.17, 15) is 19.7 Å². The van der Waals surface area contributed by atoms with Gasteiger partial charge in [-0.05, 0) is 38.8 Å². The quantitative estimate of drug-likeness (QED) is 0.570. The van der Waals surface area contributed by atoms with E-state index in [1.54, 1.807) is 39.8 Å². The summed E-state index contributed by atoms with van der Waals surface area (Å²) in [6.07, 6.45) is -0.758. The highest BCUT2D eigenvalue weighted by Crippen LogP contribution is 2.35. The van der Waals surface area contributed by atoms with E-state index in [1.165, 1.54) is 17.0 Å². The summed E-state index contributed by atoms with van der Waals surface area (Å²) in [5.41, 5.74) is -0.571. The monoisotopic (exact) mass is 438 g/mol. The molecular formula is C23H26N4O5. The van der Waals surface area contributed by atoms with Crippen molar-refractivity contribution >= 4 is 23.6 Å². The standard InChI is InChI=1S/C23H26N4O5/c1-22(2,3)32-21(29)24-20-25-23(4,17-11-8-12-18(13-17)27(30)31)14-19(28)26(20)15-16-9-6-5-7-10-16/h5-13H,14-15H2,1-4H3,(H,24,25,29). The maximum Gasteiger partial charge on any atom is 0.414 e. The predicted octanol–water partition coefficient (Wildman–Crippen LogP) is 4.12. The van der Waals surface area contributed by atoms with Crippen molar-refractivity contribution in [2.45, 2.75) is 51.8 Å². The minimum absolute atomic E-state index is 0.0134. The van der Waals surface area contributed by atoms with Crippen molar-refractivity contribution in [2.24, 2.45) is 4.99 Å². The molecular weight excluding hydrogens is 412 g/mol. The highest BCUT2D eigenvalue weighted by molar-refractivity contribution is 6.05. The minimum Gasteiger partial charge on any atom is -0.444 e. The summed E-state index contributed by atoms with van der Waals surface area (Å²) >= 11 is 0. The molecule has 0 saturated heterocycles. The summed E-state index contributed by atoms with van der Waals surface area (Å²) in [4.78, 5) is 42.5. The topological polar surface area (TPSA) is 114 Å². The Bertz CT molecular complexity index is 1060. The average Bonchev–Trinajstić information content (AvgIpc) is 2.70. The number of aliphatic imine (C=N–C) groups is 1. The number of nitro groups is 1. The molecule has 168 valence electrons. The van der Waals surface area contributed by atoms with E-state index < -0.39 is 22.2 Å². The van der Waals surface area contributed by atoms with Gasteiger partial charge in [-0.1, -0.05) is 42.5 Å². The van der Waals surface area contributed by atoms with Crippen LogP contribution in [0.15, 0.2) is 59.6 Å². The summed E-state index contributed by atoms with van der Waals surface area (Å²) < 4.78 is 5.34. The second-order valence-corrected chi connectivity index (χ2v) is 8.79. The van der Waals surface area contributed by atoms with Gasteiger partial charge in [0, 0.05) is 12.1 Å². The number of nitro benzene ring substituents is 1. The fourth-order valence-electron chi connectivity index (χ4n) is 3.38. The van der Waals surface area contributed by atoms with Crippen LogP contribution in [0.25, 0.3) is 0 Å². The SMILES string of the molecule is CC(C)(C)OC(=O)NC1=NC(C)(c2cccc([N+](=O)[O-])c2)CC(=O)N1Cc1ccccc1. The lowest BCUT2D eigenvalue weighted by molar-refractivity contribution is -0.385. The number of carbonyl (C=O) groups excluding carboxylic acids is 2. The Labute approximate surface area is 186 Å². The summed E-state index contributed by atoms with van der Waals surface area (Å²) in [5.74, 6) is -0.239. The van der Waals surface area contributed by atoms with Crippen molar-refractivity contribution < 1.29 is 19.2 Å². The number of non-ortho nitro benzene ring substituents is 1. The number of alkyl carbamates (subject to hydrolysis) is 1. The van der Waals surface area contributed by atoms with Gasteiger partial charge < -0.3 is 4.74 Å². The molecule has 1 N–H and O–H groups in total. The van der Waals surface area contributed by atoms with Crippen LogP contribution in [-0.2, 0) is 21.6 Å². The first-order valence-electron chi connectivity index (χ1n) is 10.2. The average molecular weight is 438 g/mol. The van der Waals surface area contributed by atoms with Crippen LogP contribution in [0.4, 0.5) is 10.5 Å². The van der Waals surface area contributed by atoms with Crippen molar-refractivity contribution in [1.82, 2.24) is 10.2 Å². The molecule has 1 aliphatic rings. The number of benzene rings is 2. The third kappa shape index (κ3) is 5.48. The van der Waals surface area contributed by atoms with Crippen LogP contribution in [0, 0.1) is 10.1 Å². The van der Waals surface area contributed by atoms with E-state index in [1.807, 2.05) is 30.3 Å². The first-order chi connectivity index (χ1) is 15.0. The first kappa shape index (κ1) is 22.9. The molecule has 2 aromatic rings. The molecule has 0 spiro atoms. The number of rotatable bonds is 4. The molecule has 9 nitrogen and oxygen atoms in total. The van der Waals surface area contributed by atoms with Gasteiger partial charge in [0.2, 0.25) is 11.9 Å². The van der Waals surface area contributed by atoms with Crippen molar-refractivity contribution in [3.8, 4) is 0 Å². The second kappa shape index (κ2) is 8.78. The van der Waals surface area contributed by atoms with E-state index in [4.69, 9.17) is 4.74 Å². The van der Waals surface area contributed by atoms with Crippen LogP contribution in [-0.4, -0.2) is 33.4 Å². The van der Waals surface area contributed by atoms with Gasteiger partial charge in [0.05, 0.1) is 23.4 Å². The van der Waals surface area contributed by atoms with Gasteiger partial charge in [-0.2, -0.15) is 0 Å². The molecule has 1 heterocycles. The largest absolute Gasteiger partial charge is 0.444 e. The lowest BCUT2D eigenvalue weighted by Crippen LogP contribution is -2.53. The van der Waals surface area contributed by atoms with Crippen molar-refractivity contribution in [3.63, 3.8) is 0 Å². The summed E-state index contributed by atoms with van der Waals surface area (Å²) in [7, 11) is 0. The Morgan fingerprint density at radius 2 is 1.91 bits per heavy atom. The molecule has 32 heavy (non-hydrogen) atoms. The normalized spacial score (nSPS) is 18.7. The smallest absolute Gasteiger partial charge is 0.414 e. The molecule has 0 saturated carbocycles. The van der Waals surface area contributed by atoms with Gasteiger partial charge in [0.25, 0.3) is 5.69 Å². The van der Waals surface area contributed by atoms with Crippen LogP contribution in [0.5, 0.6) is 0 Å². The lowest BCUT2D eigenvalue weighted by atomic mass is 9.87. The molecule has 0 radical (unpaired) electrons. The second-order valence-electron chi connectivity index (χ2n) is 8.79. The number of nitrogens with one attached hydrogen (secondary N) is 1. The van der Waals surface area contributed by atoms with Gasteiger partial charge in [0.15, 0.2) is 0 Å². The molecule has 0 fully saturated rings. The molecule has 1 aliphatic heterocycles. The highest BCUT2D eigenvalue weighted by Gasteiger charge is 2.40. The zero-order valence-electron chi connectivity index (χ0n) is 18.5. The fourth-order valence-corrected chi connectivity index (χ4v) is 3.38. The number of nitrogens with zero attached hydrogens (tertiary/aromatic N) is 3. The Kier molecular flexibility index (Phi) is 6.29. The van der Waals surface area contributed by atoms with E-state index in [2.05, 4.69) is 10.3 Å². The molecule has 2 aromatic carbocycles. The Morgan fingerprint density at radius 3 is 2.53 bits per heavy atom. The molecule has 2 amide bonds. The van der Waals surface area contributed by atoms with Gasteiger partial charge in [-0.15, -0.1) is 0 Å². The number of guanidine groups is 1. The van der Waals surface area contributed by atoms with Crippen LogP contribution in [0.1, 0.15) is 45.2 Å². The van der Waals surface area contributed by atoms with Gasteiger partial charge >= 0.3 is 6.09 Å². The molecule has 1 atom stereocenters. The maximum absolute atomic E-state index is 13.2. The molecule has 3 rings (SSSR count). The van der Waals surface area contributed by atoms with Crippen LogP contribution >= 0.6 is 0 Å². The minimum atomic E-state index is -1.10. The van der Waals surface area contributed by atoms with Crippen molar-refractivity contribution in [2.75, 3.05) is 0 Å². The predicted molar refractivity (Wildman–Crippen MR) is 119 cm³/mol. The van der Waals surface area contributed by atoms with Gasteiger partial charge in [-0.3, -0.25) is 25.1 Å². The van der Waals surface area contributed by atoms with Crippen LogP contribution in [0.2, 0.25) is 0 Å². The zero-order chi connectivity index (χ0) is 23.5.